The van der Waals surface area contributed by atoms with Crippen LogP contribution in [0.1, 0.15) is 52.9 Å². The molecular weight excluding hydrogens is 415 g/mol. The monoisotopic (exact) mass is 452 g/mol. The number of guanidine groups is 1. The molecule has 6 heteroatoms. The van der Waals surface area contributed by atoms with Crippen molar-refractivity contribution in [1.82, 2.24) is 15.5 Å². The van der Waals surface area contributed by atoms with Gasteiger partial charge in [0.1, 0.15) is 0 Å². The van der Waals surface area contributed by atoms with Crippen molar-refractivity contribution in [1.29, 1.82) is 0 Å². The van der Waals surface area contributed by atoms with Crippen LogP contribution in [-0.4, -0.2) is 62.3 Å². The SMILES string of the molecule is CCNC(=NCC(CC(C)C)N1CCOCC1)NC1CCCC1.I. The standard InChI is InChI=1S/C18H36N4O.HI/c1-4-19-18(21-16-7-5-6-8-16)20-14-17(13-15(2)3)22-9-11-23-12-10-22;/h15-17H,4-14H2,1-3H3,(H2,19,20,21);1H. The molecule has 24 heavy (non-hydrogen) atoms. The van der Waals surface area contributed by atoms with Crippen LogP contribution in [0.2, 0.25) is 0 Å². The molecule has 0 radical (unpaired) electrons. The molecule has 0 bridgehead atoms. The van der Waals surface area contributed by atoms with Crippen molar-refractivity contribution in [2.75, 3.05) is 39.4 Å². The first kappa shape index (κ1) is 22.0. The second-order valence-electron chi connectivity index (χ2n) is 7.28. The molecule has 1 atom stereocenters. The number of nitrogens with zero attached hydrogens (tertiary/aromatic N) is 2. The van der Waals surface area contributed by atoms with E-state index in [9.17, 15) is 0 Å². The van der Waals surface area contributed by atoms with Gasteiger partial charge in [0, 0.05) is 31.7 Å². The Morgan fingerprint density at radius 1 is 1.21 bits per heavy atom. The van der Waals surface area contributed by atoms with Crippen LogP contribution in [0.3, 0.4) is 0 Å². The largest absolute Gasteiger partial charge is 0.379 e. The molecule has 2 rings (SSSR count). The lowest BCUT2D eigenvalue weighted by Crippen LogP contribution is -2.47. The van der Waals surface area contributed by atoms with Crippen LogP contribution in [0, 0.1) is 5.92 Å². The Balaban J connectivity index is 0.00000288. The van der Waals surface area contributed by atoms with Gasteiger partial charge in [0.15, 0.2) is 5.96 Å². The smallest absolute Gasteiger partial charge is 0.191 e. The minimum absolute atomic E-state index is 0. The van der Waals surface area contributed by atoms with Gasteiger partial charge < -0.3 is 15.4 Å². The normalized spacial score (nSPS) is 21.6. The van der Waals surface area contributed by atoms with E-state index in [1.54, 1.807) is 0 Å². The molecule has 0 amide bonds. The maximum absolute atomic E-state index is 5.51. The van der Waals surface area contributed by atoms with Gasteiger partial charge in [-0.25, -0.2) is 0 Å². The Labute approximate surface area is 165 Å². The third-order valence-electron chi connectivity index (χ3n) is 4.81. The summed E-state index contributed by atoms with van der Waals surface area (Å²) in [6, 6.07) is 1.14. The number of nitrogens with one attached hydrogen (secondary N) is 2. The lowest BCUT2D eigenvalue weighted by atomic mass is 10.0. The summed E-state index contributed by atoms with van der Waals surface area (Å²) >= 11 is 0. The first-order chi connectivity index (χ1) is 11.2. The number of ether oxygens (including phenoxy) is 1. The van der Waals surface area contributed by atoms with Crippen molar-refractivity contribution in [2.24, 2.45) is 10.9 Å². The van der Waals surface area contributed by atoms with Gasteiger partial charge in [-0.15, -0.1) is 24.0 Å². The predicted octanol–water partition coefficient (Wildman–Crippen LogP) is 2.85. The maximum atomic E-state index is 5.51. The van der Waals surface area contributed by atoms with Gasteiger partial charge in [0.2, 0.25) is 0 Å². The van der Waals surface area contributed by atoms with Crippen LogP contribution in [-0.2, 0) is 4.74 Å². The number of hydrogen-bond acceptors (Lipinski definition) is 3. The summed E-state index contributed by atoms with van der Waals surface area (Å²) in [6.07, 6.45) is 6.46. The zero-order valence-corrected chi connectivity index (χ0v) is 18.1. The Bertz CT molecular complexity index is 353. The predicted molar refractivity (Wildman–Crippen MR) is 112 cm³/mol. The van der Waals surface area contributed by atoms with Crippen molar-refractivity contribution in [3.05, 3.63) is 0 Å². The molecule has 1 heterocycles. The van der Waals surface area contributed by atoms with Crippen molar-refractivity contribution in [3.63, 3.8) is 0 Å². The first-order valence-corrected chi connectivity index (χ1v) is 9.55. The highest BCUT2D eigenvalue weighted by Crippen LogP contribution is 2.18. The van der Waals surface area contributed by atoms with Crippen molar-refractivity contribution in [3.8, 4) is 0 Å². The topological polar surface area (TPSA) is 48.9 Å². The van der Waals surface area contributed by atoms with Gasteiger partial charge >= 0.3 is 0 Å². The molecule has 1 unspecified atom stereocenters. The Kier molecular flexibility index (Phi) is 11.3. The lowest BCUT2D eigenvalue weighted by molar-refractivity contribution is 0.0143. The number of halogens is 1. The third kappa shape index (κ3) is 7.87. The van der Waals surface area contributed by atoms with E-state index < -0.39 is 0 Å². The fraction of sp³-hybridized carbons (Fsp3) is 0.944. The van der Waals surface area contributed by atoms with Crippen molar-refractivity contribution >= 4 is 29.9 Å². The molecule has 0 aromatic heterocycles. The van der Waals surface area contributed by atoms with Crippen molar-refractivity contribution < 1.29 is 4.74 Å². The fourth-order valence-corrected chi connectivity index (χ4v) is 3.61. The molecule has 2 N–H and O–H groups in total. The second kappa shape index (κ2) is 12.3. The quantitative estimate of drug-likeness (QED) is 0.355. The highest BCUT2D eigenvalue weighted by molar-refractivity contribution is 14.0. The first-order valence-electron chi connectivity index (χ1n) is 9.55. The number of hydrogen-bond donors (Lipinski definition) is 2. The van der Waals surface area contributed by atoms with Gasteiger partial charge in [0.05, 0.1) is 19.8 Å². The van der Waals surface area contributed by atoms with E-state index in [-0.39, 0.29) is 24.0 Å². The van der Waals surface area contributed by atoms with E-state index in [1.807, 2.05) is 0 Å². The fourth-order valence-electron chi connectivity index (χ4n) is 3.61. The number of rotatable bonds is 7. The molecule has 1 saturated heterocycles. The van der Waals surface area contributed by atoms with Gasteiger partial charge in [-0.1, -0.05) is 26.7 Å². The van der Waals surface area contributed by atoms with Gasteiger partial charge in [-0.2, -0.15) is 0 Å². The summed E-state index contributed by atoms with van der Waals surface area (Å²) in [5.74, 6) is 1.70. The summed E-state index contributed by atoms with van der Waals surface area (Å²) in [6.45, 7) is 12.3. The van der Waals surface area contributed by atoms with E-state index in [1.165, 1.54) is 32.1 Å². The van der Waals surface area contributed by atoms with Crippen LogP contribution in [0.25, 0.3) is 0 Å². The highest BCUT2D eigenvalue weighted by atomic mass is 127. The molecule has 0 aromatic rings. The zero-order chi connectivity index (χ0) is 16.5. The average Bonchev–Trinajstić information content (AvgIpc) is 3.05. The minimum atomic E-state index is 0. The number of aliphatic imine (C=N–C) groups is 1. The van der Waals surface area contributed by atoms with E-state index in [0.29, 0.717) is 18.0 Å². The Hall–Kier alpha value is -0.0800. The van der Waals surface area contributed by atoms with Crippen LogP contribution in [0.15, 0.2) is 4.99 Å². The van der Waals surface area contributed by atoms with E-state index in [2.05, 4.69) is 36.3 Å². The number of morpholine rings is 1. The molecule has 0 aromatic carbocycles. The van der Waals surface area contributed by atoms with E-state index in [0.717, 1.165) is 45.4 Å². The molecular formula is C18H37IN4O. The minimum Gasteiger partial charge on any atom is -0.379 e. The summed E-state index contributed by atoms with van der Waals surface area (Å²) in [5, 5.41) is 7.04. The highest BCUT2D eigenvalue weighted by Gasteiger charge is 2.22. The molecule has 2 fully saturated rings. The molecule has 5 nitrogen and oxygen atoms in total. The molecule has 142 valence electrons. The Morgan fingerprint density at radius 2 is 1.88 bits per heavy atom. The summed E-state index contributed by atoms with van der Waals surface area (Å²) in [7, 11) is 0. The summed E-state index contributed by atoms with van der Waals surface area (Å²) < 4.78 is 5.51. The van der Waals surface area contributed by atoms with Gasteiger partial charge in [0.25, 0.3) is 0 Å². The van der Waals surface area contributed by atoms with Crippen LogP contribution >= 0.6 is 24.0 Å². The molecule has 1 saturated carbocycles. The molecule has 1 aliphatic carbocycles. The summed E-state index contributed by atoms with van der Waals surface area (Å²) in [5.41, 5.74) is 0. The van der Waals surface area contributed by atoms with Crippen LogP contribution < -0.4 is 10.6 Å². The van der Waals surface area contributed by atoms with E-state index >= 15 is 0 Å². The summed E-state index contributed by atoms with van der Waals surface area (Å²) in [4.78, 5) is 7.48. The lowest BCUT2D eigenvalue weighted by Gasteiger charge is -2.34. The molecule has 1 aliphatic heterocycles. The van der Waals surface area contributed by atoms with Gasteiger partial charge in [-0.05, 0) is 32.1 Å². The van der Waals surface area contributed by atoms with Crippen LogP contribution in [0.5, 0.6) is 0 Å². The Morgan fingerprint density at radius 3 is 2.46 bits per heavy atom. The average molecular weight is 452 g/mol. The third-order valence-corrected chi connectivity index (χ3v) is 4.81. The van der Waals surface area contributed by atoms with Crippen LogP contribution in [0.4, 0.5) is 0 Å². The van der Waals surface area contributed by atoms with Crippen molar-refractivity contribution in [2.45, 2.75) is 65.0 Å². The van der Waals surface area contributed by atoms with Gasteiger partial charge in [-0.3, -0.25) is 9.89 Å². The molecule has 0 spiro atoms. The maximum Gasteiger partial charge on any atom is 0.191 e. The zero-order valence-electron chi connectivity index (χ0n) is 15.7. The second-order valence-corrected chi connectivity index (χ2v) is 7.28. The molecule has 2 aliphatic rings. The van der Waals surface area contributed by atoms with E-state index in [4.69, 9.17) is 9.73 Å².